The summed E-state index contributed by atoms with van der Waals surface area (Å²) in [6, 6.07) is 10.5. The lowest BCUT2D eigenvalue weighted by molar-refractivity contribution is -0.157. The van der Waals surface area contributed by atoms with Gasteiger partial charge >= 0.3 is 5.97 Å². The molecule has 4 atom stereocenters. The third-order valence-corrected chi connectivity index (χ3v) is 6.56. The first kappa shape index (κ1) is 18.2. The van der Waals surface area contributed by atoms with Crippen molar-refractivity contribution in [3.8, 4) is 0 Å². The van der Waals surface area contributed by atoms with Gasteiger partial charge in [0.2, 0.25) is 5.91 Å². The lowest BCUT2D eigenvalue weighted by atomic mass is 9.62. The van der Waals surface area contributed by atoms with Crippen molar-refractivity contribution in [3.05, 3.63) is 48.0 Å². The number of hydrogen-bond acceptors (Lipinski definition) is 3. The zero-order valence-corrected chi connectivity index (χ0v) is 15.7. The van der Waals surface area contributed by atoms with E-state index in [9.17, 15) is 14.7 Å². The van der Waals surface area contributed by atoms with E-state index in [2.05, 4.69) is 35.2 Å². The minimum absolute atomic E-state index is 0.0219. The topological polar surface area (TPSA) is 60.9 Å². The molecule has 0 spiro atoms. The second kappa shape index (κ2) is 7.85. The molecule has 1 aromatic rings. The number of hydrogen-bond donors (Lipinski definition) is 1. The van der Waals surface area contributed by atoms with Gasteiger partial charge in [-0.05, 0) is 36.7 Å². The predicted molar refractivity (Wildman–Crippen MR) is 103 cm³/mol. The summed E-state index contributed by atoms with van der Waals surface area (Å²) in [4.78, 5) is 29.3. The Bertz CT molecular complexity index is 710. The van der Waals surface area contributed by atoms with Crippen LogP contribution in [0.4, 0.5) is 0 Å². The molecule has 144 valence electrons. The summed E-state index contributed by atoms with van der Waals surface area (Å²) < 4.78 is 0. The van der Waals surface area contributed by atoms with Gasteiger partial charge in [0.05, 0.1) is 11.8 Å². The van der Waals surface area contributed by atoms with Crippen molar-refractivity contribution in [1.82, 2.24) is 9.80 Å². The SMILES string of the molecule is O=C(O)[C@H]1[C@H](C(=O)N2CCN(CCc3ccccc3)CC2)[C@H]2C=C[C@H]1CC2. The Kier molecular flexibility index (Phi) is 5.30. The summed E-state index contributed by atoms with van der Waals surface area (Å²) in [5.41, 5.74) is 1.34. The quantitative estimate of drug-likeness (QED) is 0.810. The first-order chi connectivity index (χ1) is 13.1. The number of fused-ring (bicyclic) bond motifs is 2. The van der Waals surface area contributed by atoms with Gasteiger partial charge in [0, 0.05) is 32.7 Å². The second-order valence-electron chi connectivity index (χ2n) is 8.08. The average molecular weight is 368 g/mol. The first-order valence-corrected chi connectivity index (χ1v) is 10.1. The number of benzene rings is 1. The van der Waals surface area contributed by atoms with E-state index in [0.29, 0.717) is 13.1 Å². The molecule has 1 saturated carbocycles. The molecule has 0 radical (unpaired) electrons. The van der Waals surface area contributed by atoms with E-state index in [1.807, 2.05) is 17.0 Å². The zero-order valence-electron chi connectivity index (χ0n) is 15.7. The number of aliphatic carboxylic acids is 1. The molecule has 1 heterocycles. The van der Waals surface area contributed by atoms with Crippen molar-refractivity contribution in [3.63, 3.8) is 0 Å². The molecule has 0 aromatic heterocycles. The van der Waals surface area contributed by atoms with Gasteiger partial charge in [-0.3, -0.25) is 14.5 Å². The summed E-state index contributed by atoms with van der Waals surface area (Å²) in [5.74, 6) is -1.55. The Balaban J connectivity index is 1.33. The van der Waals surface area contributed by atoms with Gasteiger partial charge in [-0.1, -0.05) is 42.5 Å². The van der Waals surface area contributed by atoms with Gasteiger partial charge in [0.25, 0.3) is 0 Å². The van der Waals surface area contributed by atoms with Gasteiger partial charge in [-0.15, -0.1) is 0 Å². The molecule has 5 nitrogen and oxygen atoms in total. The van der Waals surface area contributed by atoms with Gasteiger partial charge in [-0.25, -0.2) is 0 Å². The summed E-state index contributed by atoms with van der Waals surface area (Å²) in [7, 11) is 0. The van der Waals surface area contributed by atoms with E-state index in [0.717, 1.165) is 38.9 Å². The zero-order chi connectivity index (χ0) is 18.8. The van der Waals surface area contributed by atoms with Crippen LogP contribution in [0.25, 0.3) is 0 Å². The highest BCUT2D eigenvalue weighted by Crippen LogP contribution is 2.45. The van der Waals surface area contributed by atoms with Gasteiger partial charge in [-0.2, -0.15) is 0 Å². The third-order valence-electron chi connectivity index (χ3n) is 6.56. The summed E-state index contributed by atoms with van der Waals surface area (Å²) >= 11 is 0. The van der Waals surface area contributed by atoms with E-state index in [1.54, 1.807) is 0 Å². The van der Waals surface area contributed by atoms with Gasteiger partial charge in [0.1, 0.15) is 0 Å². The number of amides is 1. The molecule has 1 saturated heterocycles. The first-order valence-electron chi connectivity index (χ1n) is 10.1. The Labute approximate surface area is 160 Å². The van der Waals surface area contributed by atoms with Crippen LogP contribution in [0, 0.1) is 23.7 Å². The minimum Gasteiger partial charge on any atom is -0.481 e. The van der Waals surface area contributed by atoms with Crippen LogP contribution in [0.1, 0.15) is 18.4 Å². The Morgan fingerprint density at radius 3 is 2.15 bits per heavy atom. The summed E-state index contributed by atoms with van der Waals surface area (Å²) in [5, 5.41) is 9.69. The van der Waals surface area contributed by atoms with Crippen LogP contribution in [0.15, 0.2) is 42.5 Å². The Morgan fingerprint density at radius 1 is 0.926 bits per heavy atom. The van der Waals surface area contributed by atoms with Crippen LogP contribution in [-0.4, -0.2) is 59.5 Å². The van der Waals surface area contributed by atoms with Crippen LogP contribution < -0.4 is 0 Å². The third kappa shape index (κ3) is 3.79. The summed E-state index contributed by atoms with van der Waals surface area (Å²) in [6.07, 6.45) is 6.98. The highest BCUT2D eigenvalue weighted by Gasteiger charge is 2.49. The molecule has 1 aliphatic heterocycles. The highest BCUT2D eigenvalue weighted by atomic mass is 16.4. The number of carbonyl (C=O) groups is 2. The predicted octanol–water partition coefficient (Wildman–Crippen LogP) is 2.29. The maximum Gasteiger partial charge on any atom is 0.307 e. The number of carboxylic acids is 1. The smallest absolute Gasteiger partial charge is 0.307 e. The molecule has 5 heteroatoms. The van der Waals surface area contributed by atoms with Crippen molar-refractivity contribution in [2.45, 2.75) is 19.3 Å². The molecule has 5 rings (SSSR count). The number of rotatable bonds is 5. The van der Waals surface area contributed by atoms with Crippen LogP contribution >= 0.6 is 0 Å². The van der Waals surface area contributed by atoms with E-state index in [4.69, 9.17) is 0 Å². The van der Waals surface area contributed by atoms with Crippen molar-refractivity contribution in [1.29, 1.82) is 0 Å². The number of allylic oxidation sites excluding steroid dienone is 2. The molecule has 0 unspecified atom stereocenters. The van der Waals surface area contributed by atoms with Crippen LogP contribution in [0.2, 0.25) is 0 Å². The average Bonchev–Trinajstić information content (AvgIpc) is 2.73. The van der Waals surface area contributed by atoms with E-state index >= 15 is 0 Å². The van der Waals surface area contributed by atoms with Crippen molar-refractivity contribution in [2.75, 3.05) is 32.7 Å². The van der Waals surface area contributed by atoms with E-state index in [1.165, 1.54) is 5.56 Å². The lowest BCUT2D eigenvalue weighted by Crippen LogP contribution is -2.55. The maximum atomic E-state index is 13.2. The standard InChI is InChI=1S/C22H28N2O3/c25-21(19-17-6-8-18(9-7-17)20(19)22(26)27)24-14-12-23(13-15-24)11-10-16-4-2-1-3-5-16/h1-6,8,17-20H,7,9-15H2,(H,26,27)/t17-,18-,19+,20+/m0/s1. The number of piperazine rings is 1. The molecule has 27 heavy (non-hydrogen) atoms. The van der Waals surface area contributed by atoms with Crippen molar-refractivity contribution >= 4 is 11.9 Å². The molecule has 4 aliphatic rings. The van der Waals surface area contributed by atoms with Crippen LogP contribution in [0.3, 0.4) is 0 Å². The molecule has 3 aliphatic carbocycles. The fourth-order valence-corrected chi connectivity index (χ4v) is 5.00. The normalized spacial score (nSPS) is 30.4. The molecule has 1 aromatic carbocycles. The minimum atomic E-state index is -0.811. The van der Waals surface area contributed by atoms with Gasteiger partial charge in [0.15, 0.2) is 0 Å². The van der Waals surface area contributed by atoms with Crippen molar-refractivity contribution < 1.29 is 14.7 Å². The molecular formula is C22H28N2O3. The Hall–Kier alpha value is -2.14. The van der Waals surface area contributed by atoms with Crippen LogP contribution in [-0.2, 0) is 16.0 Å². The monoisotopic (exact) mass is 368 g/mol. The number of carboxylic acid groups (broad SMARTS) is 1. The number of nitrogens with zero attached hydrogens (tertiary/aromatic N) is 2. The summed E-state index contributed by atoms with van der Waals surface area (Å²) in [6.45, 7) is 4.15. The molecular weight excluding hydrogens is 340 g/mol. The molecule has 1 N–H and O–H groups in total. The van der Waals surface area contributed by atoms with Crippen molar-refractivity contribution in [2.24, 2.45) is 23.7 Å². The molecule has 2 bridgehead atoms. The molecule has 1 amide bonds. The fourth-order valence-electron chi connectivity index (χ4n) is 5.00. The van der Waals surface area contributed by atoms with Gasteiger partial charge < -0.3 is 10.0 Å². The Morgan fingerprint density at radius 2 is 1.56 bits per heavy atom. The number of carbonyl (C=O) groups excluding carboxylic acids is 1. The lowest BCUT2D eigenvalue weighted by Gasteiger charge is -2.45. The highest BCUT2D eigenvalue weighted by molar-refractivity contribution is 5.86. The largest absolute Gasteiger partial charge is 0.481 e. The van der Waals surface area contributed by atoms with E-state index in [-0.39, 0.29) is 23.7 Å². The second-order valence-corrected chi connectivity index (χ2v) is 8.08. The molecule has 2 fully saturated rings. The van der Waals surface area contributed by atoms with Crippen LogP contribution in [0.5, 0.6) is 0 Å². The maximum absolute atomic E-state index is 13.2. The van der Waals surface area contributed by atoms with E-state index < -0.39 is 11.9 Å². The fraction of sp³-hybridized carbons (Fsp3) is 0.545.